The van der Waals surface area contributed by atoms with Gasteiger partial charge in [-0.05, 0) is 61.1 Å². The van der Waals surface area contributed by atoms with Crippen LogP contribution in [0.1, 0.15) is 41.9 Å². The van der Waals surface area contributed by atoms with Crippen LogP contribution >= 0.6 is 11.9 Å². The van der Waals surface area contributed by atoms with Crippen LogP contribution in [0.2, 0.25) is 0 Å². The van der Waals surface area contributed by atoms with Gasteiger partial charge in [0.15, 0.2) is 0 Å². The Morgan fingerprint density at radius 1 is 1.16 bits per heavy atom. The summed E-state index contributed by atoms with van der Waals surface area (Å²) in [5, 5.41) is 0. The molecular weight excluding hydrogens is 331 g/mol. The molecule has 1 N–H and O–H groups in total. The predicted molar refractivity (Wildman–Crippen MR) is 107 cm³/mol. The van der Waals surface area contributed by atoms with Gasteiger partial charge in [-0.1, -0.05) is 42.3 Å². The molecule has 0 aromatic heterocycles. The van der Waals surface area contributed by atoms with E-state index in [1.54, 1.807) is 18.0 Å². The first-order valence-corrected chi connectivity index (χ1v) is 9.79. The van der Waals surface area contributed by atoms with Gasteiger partial charge in [0.2, 0.25) is 0 Å². The number of anilines is 1. The molecule has 4 heteroatoms. The second-order valence-corrected chi connectivity index (χ2v) is 6.80. The van der Waals surface area contributed by atoms with E-state index in [0.29, 0.717) is 5.56 Å². The second kappa shape index (κ2) is 8.34. The highest BCUT2D eigenvalue weighted by Gasteiger charge is 2.22. The first-order chi connectivity index (χ1) is 12.2. The van der Waals surface area contributed by atoms with Crippen molar-refractivity contribution in [1.29, 1.82) is 0 Å². The molecule has 0 radical (unpaired) electrons. The van der Waals surface area contributed by atoms with E-state index in [9.17, 15) is 4.39 Å². The van der Waals surface area contributed by atoms with Gasteiger partial charge in [0.05, 0.1) is 5.92 Å². The van der Waals surface area contributed by atoms with Crippen LogP contribution in [0, 0.1) is 12.7 Å². The molecule has 1 atom stereocenters. The average Bonchev–Trinajstić information content (AvgIpc) is 2.89. The lowest BCUT2D eigenvalue weighted by Gasteiger charge is -2.22. The predicted octanol–water partition coefficient (Wildman–Crippen LogP) is 6.09. The van der Waals surface area contributed by atoms with Crippen LogP contribution < -0.4 is 4.72 Å². The molecule has 25 heavy (non-hydrogen) atoms. The van der Waals surface area contributed by atoms with Crippen molar-refractivity contribution in [3.63, 3.8) is 0 Å². The van der Waals surface area contributed by atoms with E-state index < -0.39 is 0 Å². The third kappa shape index (κ3) is 4.13. The molecule has 1 unspecified atom stereocenters. The minimum atomic E-state index is -0.168. The Hall–Kier alpha value is -2.07. The highest BCUT2D eigenvalue weighted by atomic mass is 32.2. The smallest absolute Gasteiger partial charge is 0.126 e. The lowest BCUT2D eigenvalue weighted by molar-refractivity contribution is 0.614. The van der Waals surface area contributed by atoms with Crippen LogP contribution in [0.15, 0.2) is 59.2 Å². The fourth-order valence-corrected chi connectivity index (χ4v) is 3.58. The van der Waals surface area contributed by atoms with E-state index in [2.05, 4.69) is 22.9 Å². The first kappa shape index (κ1) is 17.7. The number of allylic oxidation sites excluding steroid dienone is 2. The molecule has 0 amide bonds. The molecule has 1 heterocycles. The largest absolute Gasteiger partial charge is 0.330 e. The van der Waals surface area contributed by atoms with Crippen molar-refractivity contribution in [2.45, 2.75) is 32.1 Å². The zero-order chi connectivity index (χ0) is 17.6. The van der Waals surface area contributed by atoms with Gasteiger partial charge < -0.3 is 4.72 Å². The zero-order valence-electron chi connectivity index (χ0n) is 14.6. The van der Waals surface area contributed by atoms with Crippen molar-refractivity contribution >= 4 is 23.8 Å². The molecule has 2 nitrogen and oxygen atoms in total. The first-order valence-electron chi connectivity index (χ1n) is 8.57. The van der Waals surface area contributed by atoms with Crippen LogP contribution in [0.4, 0.5) is 10.1 Å². The number of halogens is 1. The minimum Gasteiger partial charge on any atom is -0.330 e. The van der Waals surface area contributed by atoms with Crippen LogP contribution in [0.3, 0.4) is 0 Å². The maximum atomic E-state index is 14.2. The normalized spacial score (nSPS) is 15.4. The fraction of sp³-hybridized carbons (Fsp3) is 0.286. The molecule has 1 aliphatic heterocycles. The summed E-state index contributed by atoms with van der Waals surface area (Å²) < 4.78 is 17.5. The molecule has 0 aliphatic carbocycles. The Balaban J connectivity index is 2.13. The Bertz CT molecular complexity index is 798. The van der Waals surface area contributed by atoms with Crippen molar-refractivity contribution in [3.8, 4) is 0 Å². The molecule has 0 saturated heterocycles. The van der Waals surface area contributed by atoms with Gasteiger partial charge in [0.25, 0.3) is 0 Å². The van der Waals surface area contributed by atoms with Crippen molar-refractivity contribution in [2.24, 2.45) is 4.99 Å². The van der Waals surface area contributed by atoms with Crippen LogP contribution in [0.5, 0.6) is 0 Å². The molecule has 0 saturated carbocycles. The van der Waals surface area contributed by atoms with E-state index in [4.69, 9.17) is 4.99 Å². The van der Waals surface area contributed by atoms with Gasteiger partial charge in [0.1, 0.15) is 5.82 Å². The molecule has 0 fully saturated rings. The Labute approximate surface area is 153 Å². The van der Waals surface area contributed by atoms with Gasteiger partial charge in [0, 0.05) is 23.9 Å². The van der Waals surface area contributed by atoms with E-state index in [1.807, 2.05) is 37.6 Å². The molecule has 0 spiro atoms. The van der Waals surface area contributed by atoms with Gasteiger partial charge in [-0.2, -0.15) is 0 Å². The SMILES string of the molecule is CSNc1cccc(C(C2=CCCCC=N2)c2cccc(F)c2C)c1. The quantitative estimate of drug-likeness (QED) is 0.657. The number of aliphatic imine (C=N–C) groups is 1. The average molecular weight is 354 g/mol. The van der Waals surface area contributed by atoms with Crippen LogP contribution in [0.25, 0.3) is 0 Å². The lowest BCUT2D eigenvalue weighted by Crippen LogP contribution is -2.07. The number of hydrogen-bond donors (Lipinski definition) is 1. The lowest BCUT2D eigenvalue weighted by atomic mass is 9.85. The number of nitrogens with zero attached hydrogens (tertiary/aromatic N) is 1. The third-order valence-electron chi connectivity index (χ3n) is 4.49. The highest BCUT2D eigenvalue weighted by molar-refractivity contribution is 7.99. The van der Waals surface area contributed by atoms with Crippen molar-refractivity contribution in [1.82, 2.24) is 0 Å². The van der Waals surface area contributed by atoms with Gasteiger partial charge in [-0.25, -0.2) is 4.39 Å². The molecular formula is C21H23FN2S. The van der Waals surface area contributed by atoms with E-state index >= 15 is 0 Å². The summed E-state index contributed by atoms with van der Waals surface area (Å²) in [6.07, 6.45) is 9.29. The summed E-state index contributed by atoms with van der Waals surface area (Å²) in [6, 6.07) is 13.6. The number of hydrogen-bond acceptors (Lipinski definition) is 3. The summed E-state index contributed by atoms with van der Waals surface area (Å²) >= 11 is 1.56. The van der Waals surface area contributed by atoms with E-state index in [0.717, 1.165) is 41.8 Å². The van der Waals surface area contributed by atoms with Crippen LogP contribution in [-0.4, -0.2) is 12.5 Å². The molecule has 2 aromatic rings. The fourth-order valence-electron chi connectivity index (χ4n) is 3.22. The van der Waals surface area contributed by atoms with Gasteiger partial charge in [-0.15, -0.1) is 0 Å². The maximum absolute atomic E-state index is 14.2. The summed E-state index contributed by atoms with van der Waals surface area (Å²) in [6.45, 7) is 1.85. The van der Waals surface area contributed by atoms with Gasteiger partial charge in [-0.3, -0.25) is 4.99 Å². The molecule has 130 valence electrons. The van der Waals surface area contributed by atoms with Crippen LogP contribution in [-0.2, 0) is 0 Å². The Morgan fingerprint density at radius 3 is 2.84 bits per heavy atom. The molecule has 0 bridgehead atoms. The van der Waals surface area contributed by atoms with Gasteiger partial charge >= 0.3 is 0 Å². The Morgan fingerprint density at radius 2 is 2.00 bits per heavy atom. The minimum absolute atomic E-state index is 0.0614. The summed E-state index contributed by atoms with van der Waals surface area (Å²) in [5.74, 6) is -0.229. The van der Waals surface area contributed by atoms with Crippen molar-refractivity contribution < 1.29 is 4.39 Å². The third-order valence-corrected chi connectivity index (χ3v) is 4.93. The monoisotopic (exact) mass is 354 g/mol. The zero-order valence-corrected chi connectivity index (χ0v) is 15.4. The summed E-state index contributed by atoms with van der Waals surface area (Å²) in [4.78, 5) is 4.71. The van der Waals surface area contributed by atoms with E-state index in [-0.39, 0.29) is 11.7 Å². The molecule has 3 rings (SSSR count). The van der Waals surface area contributed by atoms with Crippen molar-refractivity contribution in [2.75, 3.05) is 11.0 Å². The highest BCUT2D eigenvalue weighted by Crippen LogP contribution is 2.37. The van der Waals surface area contributed by atoms with E-state index in [1.165, 1.54) is 6.07 Å². The standard InChI is InChI=1S/C21H23FN2S/c1-15-18(10-7-11-19(15)22)21(20-12-4-3-5-13-23-20)16-8-6-9-17(14-16)24-25-2/h6-14,21,24H,3-5H2,1-2H3. The second-order valence-electron chi connectivity index (χ2n) is 6.19. The number of nitrogens with one attached hydrogen (secondary N) is 1. The molecule has 2 aromatic carbocycles. The summed E-state index contributed by atoms with van der Waals surface area (Å²) in [7, 11) is 0. The maximum Gasteiger partial charge on any atom is 0.126 e. The summed E-state index contributed by atoms with van der Waals surface area (Å²) in [5.41, 5.74) is 4.84. The topological polar surface area (TPSA) is 24.4 Å². The number of rotatable bonds is 5. The Kier molecular flexibility index (Phi) is 5.92. The number of benzene rings is 2. The van der Waals surface area contributed by atoms with Crippen molar-refractivity contribution in [3.05, 3.63) is 76.7 Å². The molecule has 1 aliphatic rings.